The summed E-state index contributed by atoms with van der Waals surface area (Å²) in [6.07, 6.45) is 2.45. The summed E-state index contributed by atoms with van der Waals surface area (Å²) in [6.45, 7) is 11.5. The number of hydrogen-bond donors (Lipinski definition) is 1. The molecule has 1 fully saturated rings. The van der Waals surface area contributed by atoms with E-state index in [0.717, 1.165) is 36.2 Å². The number of hydrogen-bond acceptors (Lipinski definition) is 5. The molecule has 0 aliphatic carbocycles. The first-order valence-corrected chi connectivity index (χ1v) is 9.71. The molecule has 2 aromatic heterocycles. The maximum Gasteiger partial charge on any atom is 0.410 e. The van der Waals surface area contributed by atoms with E-state index < -0.39 is 5.60 Å². The fourth-order valence-electron chi connectivity index (χ4n) is 3.47. The molecule has 1 saturated heterocycles. The number of amides is 2. The van der Waals surface area contributed by atoms with Crippen molar-refractivity contribution in [3.05, 3.63) is 23.0 Å². The lowest BCUT2D eigenvalue weighted by molar-refractivity contribution is -0.114. The zero-order valence-corrected chi connectivity index (χ0v) is 17.5. The molecule has 1 aliphatic heterocycles. The van der Waals surface area contributed by atoms with Crippen molar-refractivity contribution in [2.45, 2.75) is 72.4 Å². The fraction of sp³-hybridized carbons (Fsp3) is 0.600. The van der Waals surface area contributed by atoms with Crippen LogP contribution in [0.15, 0.2) is 6.07 Å². The van der Waals surface area contributed by atoms with Gasteiger partial charge in [0, 0.05) is 30.8 Å². The molecular weight excluding hydrogens is 358 g/mol. The van der Waals surface area contributed by atoms with E-state index in [0.29, 0.717) is 18.0 Å². The minimum atomic E-state index is -0.549. The molecule has 8 heteroatoms. The van der Waals surface area contributed by atoms with E-state index in [2.05, 4.69) is 10.3 Å². The van der Waals surface area contributed by atoms with Gasteiger partial charge in [0.2, 0.25) is 5.91 Å². The van der Waals surface area contributed by atoms with Crippen LogP contribution in [0.1, 0.15) is 70.0 Å². The molecule has 3 rings (SSSR count). The maximum atomic E-state index is 12.7. The van der Waals surface area contributed by atoms with E-state index in [1.807, 2.05) is 40.7 Å². The van der Waals surface area contributed by atoms with E-state index in [-0.39, 0.29) is 18.0 Å². The van der Waals surface area contributed by atoms with Gasteiger partial charge in [-0.05, 0) is 53.9 Å². The first-order valence-electron chi connectivity index (χ1n) is 9.71. The van der Waals surface area contributed by atoms with Gasteiger partial charge in [0.1, 0.15) is 11.4 Å². The third kappa shape index (κ3) is 4.10. The van der Waals surface area contributed by atoms with Crippen molar-refractivity contribution in [3.63, 3.8) is 0 Å². The fourth-order valence-corrected chi connectivity index (χ4v) is 3.47. The number of piperidine rings is 1. The third-order valence-electron chi connectivity index (χ3n) is 4.87. The van der Waals surface area contributed by atoms with E-state index in [1.54, 1.807) is 9.42 Å². The summed E-state index contributed by atoms with van der Waals surface area (Å²) in [5, 5.41) is 7.56. The van der Waals surface area contributed by atoms with Gasteiger partial charge in [0.15, 0.2) is 5.65 Å². The van der Waals surface area contributed by atoms with Gasteiger partial charge in [0.05, 0.1) is 11.7 Å². The molecule has 2 amide bonds. The first-order chi connectivity index (χ1) is 13.1. The average Bonchev–Trinajstić information content (AvgIpc) is 3.00. The normalized spacial score (nSPS) is 17.6. The second kappa shape index (κ2) is 7.41. The van der Waals surface area contributed by atoms with Gasteiger partial charge in [-0.25, -0.2) is 9.78 Å². The zero-order valence-electron chi connectivity index (χ0n) is 17.5. The molecule has 2 aromatic rings. The van der Waals surface area contributed by atoms with Crippen LogP contribution in [0.3, 0.4) is 0 Å². The summed E-state index contributed by atoms with van der Waals surface area (Å²) in [5.74, 6) is 0.445. The van der Waals surface area contributed by atoms with Gasteiger partial charge in [-0.2, -0.15) is 9.61 Å². The van der Waals surface area contributed by atoms with E-state index in [4.69, 9.17) is 9.84 Å². The topological polar surface area (TPSA) is 88.8 Å². The van der Waals surface area contributed by atoms with Crippen molar-refractivity contribution in [1.29, 1.82) is 0 Å². The van der Waals surface area contributed by atoms with Crippen molar-refractivity contribution in [3.8, 4) is 0 Å². The highest BCUT2D eigenvalue weighted by Crippen LogP contribution is 2.33. The van der Waals surface area contributed by atoms with Gasteiger partial charge >= 0.3 is 6.09 Å². The standard InChI is InChI=1S/C20H29N5O3/c1-12-13(2)21-17-11-15(23-25(17)18(12)22-14(3)26)16-9-7-8-10-24(16)19(27)28-20(4,5)6/h11,16H,7-10H2,1-6H3,(H,22,26)/t16-/m0/s1. The number of rotatable bonds is 2. The molecule has 1 atom stereocenters. The van der Waals surface area contributed by atoms with Crippen molar-refractivity contribution < 1.29 is 14.3 Å². The van der Waals surface area contributed by atoms with Crippen LogP contribution >= 0.6 is 0 Å². The number of anilines is 1. The summed E-state index contributed by atoms with van der Waals surface area (Å²) >= 11 is 0. The Labute approximate surface area is 165 Å². The molecule has 0 saturated carbocycles. The molecule has 0 spiro atoms. The lowest BCUT2D eigenvalue weighted by Crippen LogP contribution is -2.42. The quantitative estimate of drug-likeness (QED) is 0.847. The number of nitrogens with one attached hydrogen (secondary N) is 1. The second-order valence-electron chi connectivity index (χ2n) is 8.38. The molecule has 1 N–H and O–H groups in total. The van der Waals surface area contributed by atoms with Crippen LogP contribution < -0.4 is 5.32 Å². The average molecular weight is 387 g/mol. The van der Waals surface area contributed by atoms with Crippen molar-refractivity contribution in [2.24, 2.45) is 0 Å². The van der Waals surface area contributed by atoms with Gasteiger partial charge in [-0.3, -0.25) is 9.69 Å². The Hall–Kier alpha value is -2.64. The predicted molar refractivity (Wildman–Crippen MR) is 106 cm³/mol. The SMILES string of the molecule is CC(=O)Nc1c(C)c(C)nc2cc([C@@H]3CCCCN3C(=O)OC(C)(C)C)nn12. The smallest absolute Gasteiger partial charge is 0.410 e. The Kier molecular flexibility index (Phi) is 5.32. The van der Waals surface area contributed by atoms with Crippen LogP contribution in [0, 0.1) is 13.8 Å². The van der Waals surface area contributed by atoms with Gasteiger partial charge < -0.3 is 10.1 Å². The molecule has 0 aromatic carbocycles. The number of carbonyl (C=O) groups is 2. The molecular formula is C20H29N5O3. The Morgan fingerprint density at radius 3 is 2.61 bits per heavy atom. The number of aryl methyl sites for hydroxylation is 1. The van der Waals surface area contributed by atoms with Crippen LogP contribution in [-0.4, -0.2) is 43.6 Å². The molecule has 28 heavy (non-hydrogen) atoms. The summed E-state index contributed by atoms with van der Waals surface area (Å²) in [7, 11) is 0. The molecule has 1 aliphatic rings. The van der Waals surface area contributed by atoms with Crippen LogP contribution in [0.4, 0.5) is 10.6 Å². The number of nitrogens with zero attached hydrogens (tertiary/aromatic N) is 4. The second-order valence-corrected chi connectivity index (χ2v) is 8.38. The summed E-state index contributed by atoms with van der Waals surface area (Å²) in [6, 6.07) is 1.72. The number of fused-ring (bicyclic) bond motifs is 1. The van der Waals surface area contributed by atoms with Crippen LogP contribution in [0.25, 0.3) is 5.65 Å². The first kappa shape index (κ1) is 20.1. The summed E-state index contributed by atoms with van der Waals surface area (Å²) in [4.78, 5) is 30.8. The highest BCUT2D eigenvalue weighted by molar-refractivity contribution is 5.89. The molecule has 152 valence electrons. The highest BCUT2D eigenvalue weighted by Gasteiger charge is 2.33. The number of aromatic nitrogens is 3. The van der Waals surface area contributed by atoms with Crippen molar-refractivity contribution >= 4 is 23.5 Å². The largest absolute Gasteiger partial charge is 0.444 e. The van der Waals surface area contributed by atoms with Crippen molar-refractivity contribution in [2.75, 3.05) is 11.9 Å². The van der Waals surface area contributed by atoms with Gasteiger partial charge in [-0.15, -0.1) is 0 Å². The Bertz CT molecular complexity index is 913. The molecule has 8 nitrogen and oxygen atoms in total. The Morgan fingerprint density at radius 2 is 1.96 bits per heavy atom. The van der Waals surface area contributed by atoms with Crippen LogP contribution in [-0.2, 0) is 9.53 Å². The third-order valence-corrected chi connectivity index (χ3v) is 4.87. The Balaban J connectivity index is 2.01. The van der Waals surface area contributed by atoms with Crippen LogP contribution in [0.2, 0.25) is 0 Å². The van der Waals surface area contributed by atoms with Gasteiger partial charge in [-0.1, -0.05) is 0 Å². The molecule has 0 bridgehead atoms. The minimum Gasteiger partial charge on any atom is -0.444 e. The van der Waals surface area contributed by atoms with E-state index in [9.17, 15) is 9.59 Å². The lowest BCUT2D eigenvalue weighted by atomic mass is 10.00. The minimum absolute atomic E-state index is 0.167. The van der Waals surface area contributed by atoms with Crippen molar-refractivity contribution in [1.82, 2.24) is 19.5 Å². The number of likely N-dealkylation sites (tertiary alicyclic amines) is 1. The summed E-state index contributed by atoms with van der Waals surface area (Å²) < 4.78 is 7.25. The molecule has 3 heterocycles. The van der Waals surface area contributed by atoms with E-state index in [1.165, 1.54) is 6.92 Å². The van der Waals surface area contributed by atoms with E-state index >= 15 is 0 Å². The monoisotopic (exact) mass is 387 g/mol. The lowest BCUT2D eigenvalue weighted by Gasteiger charge is -2.35. The van der Waals surface area contributed by atoms with Crippen LogP contribution in [0.5, 0.6) is 0 Å². The Morgan fingerprint density at radius 1 is 1.25 bits per heavy atom. The molecule has 0 radical (unpaired) electrons. The number of carbonyl (C=O) groups excluding carboxylic acids is 2. The maximum absolute atomic E-state index is 12.7. The predicted octanol–water partition coefficient (Wildman–Crippen LogP) is 3.77. The highest BCUT2D eigenvalue weighted by atomic mass is 16.6. The van der Waals surface area contributed by atoms with Gasteiger partial charge in [0.25, 0.3) is 0 Å². The summed E-state index contributed by atoms with van der Waals surface area (Å²) in [5.41, 5.74) is 2.55. The number of ether oxygens (including phenoxy) is 1. The zero-order chi connectivity index (χ0) is 20.6. The molecule has 0 unspecified atom stereocenters.